The topological polar surface area (TPSA) is 112 Å². The van der Waals surface area contributed by atoms with Crippen LogP contribution in [0.15, 0.2) is 41.2 Å². The molecule has 9 nitrogen and oxygen atoms in total. The second-order valence-electron chi connectivity index (χ2n) is 7.34. The highest BCUT2D eigenvalue weighted by Crippen LogP contribution is 2.36. The summed E-state index contributed by atoms with van der Waals surface area (Å²) in [5.74, 6) is -0.563. The number of aryl methyl sites for hydroxylation is 1. The zero-order chi connectivity index (χ0) is 24.7. The summed E-state index contributed by atoms with van der Waals surface area (Å²) < 4.78 is 12.5. The Morgan fingerprint density at radius 3 is 2.41 bits per heavy atom. The molecular formula is C24H27ClN4O5. The Morgan fingerprint density at radius 2 is 1.74 bits per heavy atom. The fraction of sp³-hybridized carbons (Fsp3) is 0.333. The number of hydrogen-bond acceptors (Lipinski definition) is 6. The van der Waals surface area contributed by atoms with Crippen molar-refractivity contribution in [1.82, 2.24) is 20.6 Å². The van der Waals surface area contributed by atoms with Crippen molar-refractivity contribution < 1.29 is 19.1 Å². The zero-order valence-corrected chi connectivity index (χ0v) is 20.1. The summed E-state index contributed by atoms with van der Waals surface area (Å²) >= 11 is 6.35. The maximum Gasteiger partial charge on any atom is 0.290 e. The first-order chi connectivity index (χ1) is 16.4. The third kappa shape index (κ3) is 5.48. The minimum Gasteiger partial charge on any atom is -0.490 e. The first-order valence-corrected chi connectivity index (χ1v) is 11.5. The predicted octanol–water partition coefficient (Wildman–Crippen LogP) is 3.72. The van der Waals surface area contributed by atoms with Gasteiger partial charge in [-0.25, -0.2) is 4.68 Å². The number of unbranched alkanes of at least 4 members (excludes halogenated alkanes) is 1. The van der Waals surface area contributed by atoms with Gasteiger partial charge in [-0.3, -0.25) is 25.2 Å². The van der Waals surface area contributed by atoms with E-state index in [0.717, 1.165) is 12.8 Å². The second-order valence-corrected chi connectivity index (χ2v) is 7.75. The Hall–Kier alpha value is -3.59. The van der Waals surface area contributed by atoms with Crippen molar-refractivity contribution in [3.8, 4) is 11.5 Å². The molecule has 1 aromatic heterocycles. The molecule has 34 heavy (non-hydrogen) atoms. The van der Waals surface area contributed by atoms with Crippen LogP contribution in [0.25, 0.3) is 10.8 Å². The van der Waals surface area contributed by atoms with E-state index in [1.165, 1.54) is 16.8 Å². The average molecular weight is 487 g/mol. The number of rotatable bonds is 9. The van der Waals surface area contributed by atoms with Crippen molar-refractivity contribution in [3.05, 3.63) is 63.0 Å². The van der Waals surface area contributed by atoms with Gasteiger partial charge in [-0.2, -0.15) is 5.10 Å². The van der Waals surface area contributed by atoms with E-state index >= 15 is 0 Å². The quantitative estimate of drug-likeness (QED) is 0.352. The number of hydrogen-bond donors (Lipinski definition) is 2. The standard InChI is InChI=1S/C24H27ClN4O5/c1-4-7-12-34-21-18(25)13-15(14-19(21)33-6-3)22(30)26-27-23(31)20-16-10-8-9-11-17(16)24(32)29(5-2)28-20/h8-11,13-14H,4-7,12H2,1-3H3,(H,26,30)(H,27,31). The lowest BCUT2D eigenvalue weighted by Gasteiger charge is -2.15. The summed E-state index contributed by atoms with van der Waals surface area (Å²) in [5.41, 5.74) is 4.62. The van der Waals surface area contributed by atoms with Crippen molar-refractivity contribution in [2.45, 2.75) is 40.2 Å². The molecule has 0 bridgehead atoms. The molecule has 2 N–H and O–H groups in total. The lowest BCUT2D eigenvalue weighted by atomic mass is 10.1. The van der Waals surface area contributed by atoms with Crippen LogP contribution in [0.2, 0.25) is 5.02 Å². The third-order valence-electron chi connectivity index (χ3n) is 4.99. The van der Waals surface area contributed by atoms with Gasteiger partial charge in [0.1, 0.15) is 0 Å². The van der Waals surface area contributed by atoms with Gasteiger partial charge in [0.2, 0.25) is 0 Å². The fourth-order valence-corrected chi connectivity index (χ4v) is 3.55. The average Bonchev–Trinajstić information content (AvgIpc) is 2.84. The molecule has 0 saturated carbocycles. The van der Waals surface area contributed by atoms with Crippen LogP contribution >= 0.6 is 11.6 Å². The number of amides is 2. The summed E-state index contributed by atoms with van der Waals surface area (Å²) in [4.78, 5) is 38.1. The molecule has 2 amide bonds. The van der Waals surface area contributed by atoms with E-state index in [9.17, 15) is 14.4 Å². The van der Waals surface area contributed by atoms with Gasteiger partial charge in [0.15, 0.2) is 17.2 Å². The molecule has 2 aromatic carbocycles. The molecule has 0 unspecified atom stereocenters. The van der Waals surface area contributed by atoms with Crippen LogP contribution in [-0.2, 0) is 6.54 Å². The summed E-state index contributed by atoms with van der Waals surface area (Å²) in [6, 6.07) is 9.62. The van der Waals surface area contributed by atoms with Crippen LogP contribution in [0.4, 0.5) is 0 Å². The minimum atomic E-state index is -0.664. The van der Waals surface area contributed by atoms with Crippen molar-refractivity contribution >= 4 is 34.2 Å². The van der Waals surface area contributed by atoms with Gasteiger partial charge in [0, 0.05) is 17.5 Å². The number of aromatic nitrogens is 2. The first-order valence-electron chi connectivity index (χ1n) is 11.1. The Balaban J connectivity index is 1.81. The lowest BCUT2D eigenvalue weighted by molar-refractivity contribution is 0.0843. The van der Waals surface area contributed by atoms with E-state index in [0.29, 0.717) is 42.0 Å². The molecule has 1 heterocycles. The van der Waals surface area contributed by atoms with Gasteiger partial charge in [0.05, 0.1) is 23.6 Å². The Morgan fingerprint density at radius 1 is 1.03 bits per heavy atom. The molecule has 0 aliphatic rings. The van der Waals surface area contributed by atoms with Crippen LogP contribution in [0.5, 0.6) is 11.5 Å². The second kappa shape index (κ2) is 11.5. The summed E-state index contributed by atoms with van der Waals surface area (Å²) in [7, 11) is 0. The van der Waals surface area contributed by atoms with Crippen molar-refractivity contribution in [1.29, 1.82) is 0 Å². The van der Waals surface area contributed by atoms with Gasteiger partial charge < -0.3 is 9.47 Å². The lowest BCUT2D eigenvalue weighted by Crippen LogP contribution is -2.42. The van der Waals surface area contributed by atoms with Gasteiger partial charge in [-0.15, -0.1) is 0 Å². The first kappa shape index (κ1) is 25.0. The number of nitrogens with one attached hydrogen (secondary N) is 2. The Bertz CT molecular complexity index is 1260. The van der Waals surface area contributed by atoms with E-state index < -0.39 is 11.8 Å². The fourth-order valence-electron chi connectivity index (χ4n) is 3.28. The molecule has 0 spiro atoms. The number of benzene rings is 2. The smallest absolute Gasteiger partial charge is 0.290 e. The highest BCUT2D eigenvalue weighted by atomic mass is 35.5. The molecule has 0 fully saturated rings. The largest absolute Gasteiger partial charge is 0.490 e. The van der Waals surface area contributed by atoms with Crippen LogP contribution < -0.4 is 25.9 Å². The van der Waals surface area contributed by atoms with E-state index in [4.69, 9.17) is 21.1 Å². The van der Waals surface area contributed by atoms with Crippen molar-refractivity contribution in [2.24, 2.45) is 0 Å². The number of carbonyl (C=O) groups is 2. The van der Waals surface area contributed by atoms with Gasteiger partial charge >= 0.3 is 0 Å². The molecule has 0 radical (unpaired) electrons. The number of ether oxygens (including phenoxy) is 2. The molecule has 180 valence electrons. The molecule has 3 aromatic rings. The van der Waals surface area contributed by atoms with E-state index in [-0.39, 0.29) is 21.8 Å². The number of hydrazine groups is 1. The van der Waals surface area contributed by atoms with Gasteiger partial charge in [0.25, 0.3) is 17.4 Å². The number of halogens is 1. The van der Waals surface area contributed by atoms with E-state index in [1.54, 1.807) is 31.2 Å². The maximum absolute atomic E-state index is 12.8. The van der Waals surface area contributed by atoms with Crippen LogP contribution in [-0.4, -0.2) is 34.8 Å². The molecular weight excluding hydrogens is 460 g/mol. The molecule has 10 heteroatoms. The molecule has 0 aliphatic carbocycles. The van der Waals surface area contributed by atoms with Crippen molar-refractivity contribution in [3.63, 3.8) is 0 Å². The maximum atomic E-state index is 12.8. The number of nitrogens with zero attached hydrogens (tertiary/aromatic N) is 2. The summed E-state index contributed by atoms with van der Waals surface area (Å²) in [6.07, 6.45) is 1.81. The Kier molecular flexibility index (Phi) is 8.48. The molecule has 0 aliphatic heterocycles. The predicted molar refractivity (Wildman–Crippen MR) is 130 cm³/mol. The third-order valence-corrected chi connectivity index (χ3v) is 5.27. The van der Waals surface area contributed by atoms with Crippen LogP contribution in [0, 0.1) is 0 Å². The molecule has 0 saturated heterocycles. The monoisotopic (exact) mass is 486 g/mol. The van der Waals surface area contributed by atoms with Crippen LogP contribution in [0.1, 0.15) is 54.5 Å². The highest BCUT2D eigenvalue weighted by molar-refractivity contribution is 6.32. The molecule has 3 rings (SSSR count). The minimum absolute atomic E-state index is 0.0186. The van der Waals surface area contributed by atoms with E-state index in [2.05, 4.69) is 16.0 Å². The van der Waals surface area contributed by atoms with Crippen molar-refractivity contribution in [2.75, 3.05) is 13.2 Å². The van der Waals surface area contributed by atoms with E-state index in [1.807, 2.05) is 13.8 Å². The van der Waals surface area contributed by atoms with Crippen LogP contribution in [0.3, 0.4) is 0 Å². The molecule has 0 atom stereocenters. The number of carbonyl (C=O) groups excluding carboxylic acids is 2. The van der Waals surface area contributed by atoms with Gasteiger partial charge in [-0.1, -0.05) is 43.1 Å². The SMILES string of the molecule is CCCCOc1c(Cl)cc(C(=O)NNC(=O)c2nn(CC)c(=O)c3ccccc23)cc1OCC. The Labute approximate surface area is 202 Å². The van der Waals surface area contributed by atoms with Gasteiger partial charge in [-0.05, 0) is 38.5 Å². The highest BCUT2D eigenvalue weighted by Gasteiger charge is 2.19. The normalized spacial score (nSPS) is 10.7. The summed E-state index contributed by atoms with van der Waals surface area (Å²) in [6.45, 7) is 6.73. The zero-order valence-electron chi connectivity index (χ0n) is 19.3. The summed E-state index contributed by atoms with van der Waals surface area (Å²) in [5, 5.41) is 5.13. The number of fused-ring (bicyclic) bond motifs is 1.